The van der Waals surface area contributed by atoms with Crippen molar-refractivity contribution >= 4 is 61.9 Å². The molecule has 0 aliphatic heterocycles. The van der Waals surface area contributed by atoms with E-state index in [0.717, 1.165) is 22.3 Å². The van der Waals surface area contributed by atoms with Crippen LogP contribution in [0.5, 0.6) is 0 Å². The quantitative estimate of drug-likeness (QED) is 0.0460. The number of sulfonamides is 2. The van der Waals surface area contributed by atoms with E-state index in [9.17, 15) is 33.7 Å². The van der Waals surface area contributed by atoms with Crippen LogP contribution in [0.3, 0.4) is 0 Å². The van der Waals surface area contributed by atoms with Gasteiger partial charge in [0.1, 0.15) is 0 Å². The third-order valence-corrected chi connectivity index (χ3v) is 16.7. The Kier molecular flexibility index (Phi) is 17.0. The summed E-state index contributed by atoms with van der Waals surface area (Å²) in [4.78, 5) is 0.222. The van der Waals surface area contributed by atoms with Crippen LogP contribution in [0.25, 0.3) is 0 Å². The van der Waals surface area contributed by atoms with Gasteiger partial charge in [0.25, 0.3) is 20.2 Å². The molecule has 0 fully saturated rings. The summed E-state index contributed by atoms with van der Waals surface area (Å²) < 4.78 is 120. The first kappa shape index (κ1) is 45.9. The SMILES string of the molecule is Cc1ccc(S(=O)(=O)N[C@@H](CCCOS(=O)(=O)c2ccc(C)cc2)CSSC[C@H](CCCOS(=O)(=O)c2ccc(C)cc2)NS(=O)(=O)c2ccc(C)cc2)cc1. The van der Waals surface area contributed by atoms with Gasteiger partial charge in [0.2, 0.25) is 20.0 Å². The molecular formula is C38H48N2O10S6. The molecule has 12 nitrogen and oxygen atoms in total. The topological polar surface area (TPSA) is 179 Å². The van der Waals surface area contributed by atoms with Crippen molar-refractivity contribution in [3.05, 3.63) is 119 Å². The molecule has 0 spiro atoms. The van der Waals surface area contributed by atoms with E-state index in [4.69, 9.17) is 8.37 Å². The number of hydrogen-bond acceptors (Lipinski definition) is 12. The number of rotatable bonds is 23. The minimum absolute atomic E-state index is 0.0266. The Morgan fingerprint density at radius 2 is 0.714 bits per heavy atom. The van der Waals surface area contributed by atoms with Crippen LogP contribution in [-0.4, -0.2) is 70.5 Å². The Balaban J connectivity index is 1.40. The number of hydrogen-bond donors (Lipinski definition) is 2. The van der Waals surface area contributed by atoms with Crippen LogP contribution in [0.15, 0.2) is 117 Å². The van der Waals surface area contributed by atoms with Crippen molar-refractivity contribution in [3.8, 4) is 0 Å². The maximum Gasteiger partial charge on any atom is 0.296 e. The molecule has 2 atom stereocenters. The number of benzene rings is 4. The Hall–Kier alpha value is -2.78. The minimum atomic E-state index is -4.01. The zero-order chi connectivity index (χ0) is 41.0. The lowest BCUT2D eigenvalue weighted by Crippen LogP contribution is -2.37. The third kappa shape index (κ3) is 14.6. The second-order valence-corrected chi connectivity index (χ2v) is 22.5. The zero-order valence-electron chi connectivity index (χ0n) is 31.6. The molecule has 306 valence electrons. The minimum Gasteiger partial charge on any atom is -0.266 e. The molecule has 0 amide bonds. The Bertz CT molecular complexity index is 2140. The second kappa shape index (κ2) is 20.8. The molecule has 56 heavy (non-hydrogen) atoms. The van der Waals surface area contributed by atoms with Gasteiger partial charge in [0.05, 0.1) is 32.8 Å². The lowest BCUT2D eigenvalue weighted by atomic mass is 10.2. The summed E-state index contributed by atoms with van der Waals surface area (Å²) in [6, 6.07) is 24.1. The molecular weight excluding hydrogens is 837 g/mol. The Labute approximate surface area is 340 Å². The van der Waals surface area contributed by atoms with Crippen LogP contribution in [0.2, 0.25) is 0 Å². The highest BCUT2D eigenvalue weighted by atomic mass is 33.1. The predicted octanol–water partition coefficient (Wildman–Crippen LogP) is 6.67. The first-order valence-electron chi connectivity index (χ1n) is 17.7. The normalized spacial score (nSPS) is 13.7. The lowest BCUT2D eigenvalue weighted by molar-refractivity contribution is 0.303. The largest absolute Gasteiger partial charge is 0.296 e. The first-order chi connectivity index (χ1) is 26.4. The van der Waals surface area contributed by atoms with Gasteiger partial charge in [-0.15, -0.1) is 0 Å². The molecule has 0 aliphatic carbocycles. The molecule has 0 aromatic heterocycles. The van der Waals surface area contributed by atoms with E-state index < -0.39 is 52.4 Å². The molecule has 0 heterocycles. The van der Waals surface area contributed by atoms with E-state index in [2.05, 4.69) is 9.44 Å². The highest BCUT2D eigenvalue weighted by Gasteiger charge is 2.24. The summed E-state index contributed by atoms with van der Waals surface area (Å²) in [6.07, 6.45) is 0.945. The summed E-state index contributed by atoms with van der Waals surface area (Å²) >= 11 is 0. The molecule has 0 saturated heterocycles. The smallest absolute Gasteiger partial charge is 0.266 e. The van der Waals surface area contributed by atoms with Gasteiger partial charge in [-0.05, 0) is 102 Å². The lowest BCUT2D eigenvalue weighted by Gasteiger charge is -2.21. The maximum absolute atomic E-state index is 13.3. The summed E-state index contributed by atoms with van der Waals surface area (Å²) in [5.41, 5.74) is 3.59. The second-order valence-electron chi connectivity index (χ2n) is 13.3. The fourth-order valence-corrected chi connectivity index (χ4v) is 12.4. The molecule has 0 unspecified atom stereocenters. The molecule has 0 aliphatic rings. The van der Waals surface area contributed by atoms with Crippen LogP contribution in [-0.2, 0) is 48.6 Å². The van der Waals surface area contributed by atoms with Crippen LogP contribution in [0.4, 0.5) is 0 Å². The first-order valence-corrected chi connectivity index (χ1v) is 26.0. The van der Waals surface area contributed by atoms with Gasteiger partial charge in [-0.25, -0.2) is 26.3 Å². The molecule has 4 aromatic rings. The Morgan fingerprint density at radius 3 is 1.00 bits per heavy atom. The van der Waals surface area contributed by atoms with E-state index >= 15 is 0 Å². The zero-order valence-corrected chi connectivity index (χ0v) is 36.5. The van der Waals surface area contributed by atoms with Crippen molar-refractivity contribution in [1.29, 1.82) is 0 Å². The van der Waals surface area contributed by atoms with Crippen LogP contribution in [0.1, 0.15) is 47.9 Å². The van der Waals surface area contributed by atoms with Gasteiger partial charge in [0, 0.05) is 23.6 Å². The van der Waals surface area contributed by atoms with Gasteiger partial charge in [-0.2, -0.15) is 16.8 Å². The molecule has 18 heteroatoms. The van der Waals surface area contributed by atoms with Crippen molar-refractivity contribution in [2.24, 2.45) is 0 Å². The van der Waals surface area contributed by atoms with E-state index in [1.807, 2.05) is 27.7 Å². The summed E-state index contributed by atoms with van der Waals surface area (Å²) in [6.45, 7) is 7.04. The molecule has 0 saturated carbocycles. The number of aryl methyl sites for hydroxylation is 4. The van der Waals surface area contributed by atoms with E-state index in [1.54, 1.807) is 48.5 Å². The predicted molar refractivity (Wildman–Crippen MR) is 223 cm³/mol. The van der Waals surface area contributed by atoms with Crippen LogP contribution < -0.4 is 9.44 Å². The van der Waals surface area contributed by atoms with E-state index in [0.29, 0.717) is 0 Å². The maximum atomic E-state index is 13.3. The van der Waals surface area contributed by atoms with Gasteiger partial charge >= 0.3 is 0 Å². The fourth-order valence-electron chi connectivity index (χ4n) is 5.17. The summed E-state index contributed by atoms with van der Waals surface area (Å²) in [5, 5.41) is 0. The van der Waals surface area contributed by atoms with Gasteiger partial charge in [-0.3, -0.25) is 8.37 Å². The van der Waals surface area contributed by atoms with Crippen LogP contribution >= 0.6 is 21.6 Å². The van der Waals surface area contributed by atoms with Crippen molar-refractivity contribution in [2.75, 3.05) is 24.7 Å². The molecule has 2 N–H and O–H groups in total. The molecule has 0 bridgehead atoms. The molecule has 4 rings (SSSR count). The van der Waals surface area contributed by atoms with Gasteiger partial charge in [-0.1, -0.05) is 92.4 Å². The van der Waals surface area contributed by atoms with Crippen molar-refractivity contribution in [2.45, 2.75) is 85.0 Å². The van der Waals surface area contributed by atoms with E-state index in [1.165, 1.54) is 70.1 Å². The van der Waals surface area contributed by atoms with E-state index in [-0.39, 0.29) is 70.0 Å². The van der Waals surface area contributed by atoms with Crippen molar-refractivity contribution in [3.63, 3.8) is 0 Å². The van der Waals surface area contributed by atoms with Gasteiger partial charge in [0.15, 0.2) is 0 Å². The van der Waals surface area contributed by atoms with Crippen molar-refractivity contribution < 1.29 is 42.0 Å². The Morgan fingerprint density at radius 1 is 0.446 bits per heavy atom. The molecule has 0 radical (unpaired) electrons. The van der Waals surface area contributed by atoms with Crippen LogP contribution in [0, 0.1) is 27.7 Å². The summed E-state index contributed by atoms with van der Waals surface area (Å²) in [5.74, 6) is 0.519. The average Bonchev–Trinajstić information content (AvgIpc) is 3.14. The third-order valence-electron chi connectivity index (χ3n) is 8.42. The highest BCUT2D eigenvalue weighted by Crippen LogP contribution is 2.27. The monoisotopic (exact) mass is 884 g/mol. The molecule has 4 aromatic carbocycles. The average molecular weight is 885 g/mol. The van der Waals surface area contributed by atoms with Gasteiger partial charge < -0.3 is 0 Å². The summed E-state index contributed by atoms with van der Waals surface area (Å²) in [7, 11) is -13.2. The fraction of sp³-hybridized carbons (Fsp3) is 0.368. The standard InChI is InChI=1S/C38H48N2O10S6/c1-29-9-17-35(18-10-29)53(41,42)39-33(7-5-25-49-55(45,46)37-21-13-31(3)14-22-37)27-51-52-28-34(40-54(43,44)36-19-11-30(2)12-20-36)8-6-26-50-56(47,48)38-23-15-32(4)16-24-38/h9-24,33-34,39-40H,5-8,25-28H2,1-4H3/t33-,34-/m0/s1. The highest BCUT2D eigenvalue weighted by molar-refractivity contribution is 8.76. The number of nitrogens with one attached hydrogen (secondary N) is 2. The van der Waals surface area contributed by atoms with Crippen molar-refractivity contribution in [1.82, 2.24) is 9.44 Å².